The molecule has 4 heterocycles. The van der Waals surface area contributed by atoms with Crippen molar-refractivity contribution in [2.24, 2.45) is 0 Å². The van der Waals surface area contributed by atoms with Crippen LogP contribution in [0.25, 0.3) is 5.65 Å². The molecule has 26 heavy (non-hydrogen) atoms. The van der Waals surface area contributed by atoms with E-state index in [1.54, 1.807) is 0 Å². The number of nitrogens with zero attached hydrogens (tertiary/aromatic N) is 5. The van der Waals surface area contributed by atoms with Crippen LogP contribution in [0.4, 0.5) is 19.0 Å². The van der Waals surface area contributed by atoms with E-state index in [2.05, 4.69) is 15.2 Å². The molecule has 0 N–H and O–H groups in total. The van der Waals surface area contributed by atoms with Crippen molar-refractivity contribution in [1.82, 2.24) is 19.6 Å². The standard InChI is InChI=1S/C17H15ClF3N5/c18-13-9-12(17(19,20)21)10-22-16(13)25-7-4-11(5-8-25)15-24-23-14-3-1-2-6-26(14)15/h1-3,6,9-11H,4-5,7-8H2. The van der Waals surface area contributed by atoms with Gasteiger partial charge in [-0.05, 0) is 31.0 Å². The minimum atomic E-state index is -4.45. The lowest BCUT2D eigenvalue weighted by atomic mass is 9.96. The van der Waals surface area contributed by atoms with Gasteiger partial charge < -0.3 is 4.90 Å². The molecule has 1 saturated heterocycles. The third kappa shape index (κ3) is 3.09. The molecule has 0 atom stereocenters. The summed E-state index contributed by atoms with van der Waals surface area (Å²) in [6.45, 7) is 1.29. The Kier molecular flexibility index (Phi) is 4.22. The maximum absolute atomic E-state index is 12.8. The van der Waals surface area contributed by atoms with Crippen LogP contribution in [-0.4, -0.2) is 32.7 Å². The van der Waals surface area contributed by atoms with Crippen molar-refractivity contribution in [1.29, 1.82) is 0 Å². The Hall–Kier alpha value is -2.35. The number of hydrogen-bond acceptors (Lipinski definition) is 4. The zero-order valence-electron chi connectivity index (χ0n) is 13.6. The Morgan fingerprint density at radius 3 is 2.58 bits per heavy atom. The first-order valence-electron chi connectivity index (χ1n) is 8.21. The van der Waals surface area contributed by atoms with Gasteiger partial charge in [-0.15, -0.1) is 10.2 Å². The average Bonchev–Trinajstić information content (AvgIpc) is 3.05. The van der Waals surface area contributed by atoms with Crippen LogP contribution >= 0.6 is 11.6 Å². The molecule has 1 aliphatic heterocycles. The molecule has 0 radical (unpaired) electrons. The minimum Gasteiger partial charge on any atom is -0.355 e. The lowest BCUT2D eigenvalue weighted by Gasteiger charge is -2.32. The normalized spacial score (nSPS) is 16.4. The highest BCUT2D eigenvalue weighted by molar-refractivity contribution is 6.33. The number of halogens is 4. The van der Waals surface area contributed by atoms with Crippen LogP contribution in [0.15, 0.2) is 36.7 Å². The van der Waals surface area contributed by atoms with E-state index < -0.39 is 11.7 Å². The maximum Gasteiger partial charge on any atom is 0.417 e. The van der Waals surface area contributed by atoms with Gasteiger partial charge in [0, 0.05) is 31.4 Å². The van der Waals surface area contributed by atoms with Gasteiger partial charge >= 0.3 is 6.18 Å². The maximum atomic E-state index is 12.8. The first kappa shape index (κ1) is 17.1. The van der Waals surface area contributed by atoms with Gasteiger partial charge in [-0.3, -0.25) is 4.40 Å². The number of rotatable bonds is 2. The Bertz CT molecular complexity index is 932. The molecule has 9 heteroatoms. The van der Waals surface area contributed by atoms with Crippen molar-refractivity contribution < 1.29 is 13.2 Å². The third-order valence-corrected chi connectivity index (χ3v) is 4.93. The molecule has 5 nitrogen and oxygen atoms in total. The van der Waals surface area contributed by atoms with E-state index in [1.807, 2.05) is 33.7 Å². The summed E-state index contributed by atoms with van der Waals surface area (Å²) >= 11 is 6.05. The highest BCUT2D eigenvalue weighted by Gasteiger charge is 2.32. The van der Waals surface area contributed by atoms with Crippen molar-refractivity contribution in [2.75, 3.05) is 18.0 Å². The molecule has 3 aromatic heterocycles. The summed E-state index contributed by atoms with van der Waals surface area (Å²) in [6.07, 6.45) is -0.0784. The monoisotopic (exact) mass is 381 g/mol. The Morgan fingerprint density at radius 2 is 1.88 bits per heavy atom. The molecule has 1 fully saturated rings. The predicted octanol–water partition coefficient (Wildman–Crippen LogP) is 4.18. The first-order valence-corrected chi connectivity index (χ1v) is 8.58. The van der Waals surface area contributed by atoms with Gasteiger partial charge in [0.25, 0.3) is 0 Å². The number of hydrogen-bond donors (Lipinski definition) is 0. The largest absolute Gasteiger partial charge is 0.417 e. The van der Waals surface area contributed by atoms with Crippen molar-refractivity contribution in [2.45, 2.75) is 24.9 Å². The predicted molar refractivity (Wildman–Crippen MR) is 91.4 cm³/mol. The fourth-order valence-corrected chi connectivity index (χ4v) is 3.59. The summed E-state index contributed by atoms with van der Waals surface area (Å²) in [5, 5.41) is 8.50. The summed E-state index contributed by atoms with van der Waals surface area (Å²) in [5.74, 6) is 1.54. The summed E-state index contributed by atoms with van der Waals surface area (Å²) < 4.78 is 40.2. The molecule has 1 aliphatic rings. The summed E-state index contributed by atoms with van der Waals surface area (Å²) in [7, 11) is 0. The van der Waals surface area contributed by atoms with Gasteiger partial charge in [-0.2, -0.15) is 13.2 Å². The van der Waals surface area contributed by atoms with E-state index >= 15 is 0 Å². The number of anilines is 1. The zero-order chi connectivity index (χ0) is 18.3. The van der Waals surface area contributed by atoms with E-state index in [1.165, 1.54) is 0 Å². The van der Waals surface area contributed by atoms with Crippen molar-refractivity contribution in [3.8, 4) is 0 Å². The second kappa shape index (κ2) is 6.42. The number of pyridine rings is 2. The second-order valence-electron chi connectivity index (χ2n) is 6.28. The smallest absolute Gasteiger partial charge is 0.355 e. The summed E-state index contributed by atoms with van der Waals surface area (Å²) in [4.78, 5) is 5.87. The molecule has 0 aliphatic carbocycles. The summed E-state index contributed by atoms with van der Waals surface area (Å²) in [6, 6.07) is 6.68. The van der Waals surface area contributed by atoms with Crippen LogP contribution in [0.3, 0.4) is 0 Å². The van der Waals surface area contributed by atoms with E-state index in [0.29, 0.717) is 18.9 Å². The van der Waals surface area contributed by atoms with Gasteiger partial charge in [-0.25, -0.2) is 4.98 Å². The van der Waals surface area contributed by atoms with Crippen LogP contribution in [0.1, 0.15) is 30.1 Å². The van der Waals surface area contributed by atoms with E-state index in [4.69, 9.17) is 11.6 Å². The molecule has 0 amide bonds. The van der Waals surface area contributed by atoms with E-state index in [0.717, 1.165) is 36.6 Å². The number of aromatic nitrogens is 4. The average molecular weight is 382 g/mol. The number of piperidine rings is 1. The van der Waals surface area contributed by atoms with Gasteiger partial charge in [0.2, 0.25) is 0 Å². The third-order valence-electron chi connectivity index (χ3n) is 4.65. The van der Waals surface area contributed by atoms with Crippen LogP contribution in [0, 0.1) is 0 Å². The van der Waals surface area contributed by atoms with Crippen LogP contribution in [-0.2, 0) is 6.18 Å². The van der Waals surface area contributed by atoms with Crippen LogP contribution < -0.4 is 4.90 Å². The van der Waals surface area contributed by atoms with Crippen molar-refractivity contribution in [3.05, 3.63) is 53.1 Å². The van der Waals surface area contributed by atoms with Gasteiger partial charge in [0.1, 0.15) is 11.6 Å². The molecule has 0 bridgehead atoms. The molecule has 0 saturated carbocycles. The molecular weight excluding hydrogens is 367 g/mol. The van der Waals surface area contributed by atoms with Crippen LogP contribution in [0.5, 0.6) is 0 Å². The minimum absolute atomic E-state index is 0.0196. The molecule has 0 aromatic carbocycles. The van der Waals surface area contributed by atoms with Gasteiger partial charge in [0.15, 0.2) is 5.65 Å². The van der Waals surface area contributed by atoms with Gasteiger partial charge in [0.05, 0.1) is 10.6 Å². The fraction of sp³-hybridized carbons (Fsp3) is 0.353. The van der Waals surface area contributed by atoms with Crippen LogP contribution in [0.2, 0.25) is 5.02 Å². The first-order chi connectivity index (χ1) is 12.4. The summed E-state index contributed by atoms with van der Waals surface area (Å²) in [5.41, 5.74) is -0.0338. The number of alkyl halides is 3. The highest BCUT2D eigenvalue weighted by atomic mass is 35.5. The molecule has 4 rings (SSSR count). The SMILES string of the molecule is FC(F)(F)c1cnc(N2CCC(c3nnc4ccccn34)CC2)c(Cl)c1. The fourth-order valence-electron chi connectivity index (χ4n) is 3.31. The van der Waals surface area contributed by atoms with Crippen molar-refractivity contribution in [3.63, 3.8) is 0 Å². The molecule has 0 spiro atoms. The second-order valence-corrected chi connectivity index (χ2v) is 6.68. The molecule has 0 unspecified atom stereocenters. The Balaban J connectivity index is 1.50. The van der Waals surface area contributed by atoms with E-state index in [-0.39, 0.29) is 10.9 Å². The quantitative estimate of drug-likeness (QED) is 0.668. The molecule has 136 valence electrons. The highest BCUT2D eigenvalue weighted by Crippen LogP contribution is 2.35. The Labute approximate surface area is 152 Å². The number of fused-ring (bicyclic) bond motifs is 1. The lowest BCUT2D eigenvalue weighted by Crippen LogP contribution is -2.34. The molecular formula is C17H15ClF3N5. The Morgan fingerprint density at radius 1 is 1.12 bits per heavy atom. The lowest BCUT2D eigenvalue weighted by molar-refractivity contribution is -0.137. The van der Waals surface area contributed by atoms with E-state index in [9.17, 15) is 13.2 Å². The zero-order valence-corrected chi connectivity index (χ0v) is 14.4. The topological polar surface area (TPSA) is 46.3 Å². The molecule has 3 aromatic rings. The van der Waals surface area contributed by atoms with Crippen molar-refractivity contribution >= 4 is 23.1 Å². The van der Waals surface area contributed by atoms with Gasteiger partial charge in [-0.1, -0.05) is 17.7 Å².